The van der Waals surface area contributed by atoms with E-state index in [4.69, 9.17) is 14.7 Å². The molecule has 1 aromatic rings. The summed E-state index contributed by atoms with van der Waals surface area (Å²) < 4.78 is 10.8. The maximum Gasteiger partial charge on any atom is 0.410 e. The van der Waals surface area contributed by atoms with Gasteiger partial charge in [0.1, 0.15) is 25.1 Å². The standard InChI is InChI=1S/C22H30N4O4/c23-11-18-13-25(14-18)12-17-1-3-21(4-2-17)30-16-20(27)15-24-7-5-19(6-8-24)26-9-10-29-22(26)28/h1-4,18-20,27H,5-10,12-16H2. The van der Waals surface area contributed by atoms with E-state index in [2.05, 4.69) is 15.9 Å². The van der Waals surface area contributed by atoms with Crippen LogP contribution in [0.4, 0.5) is 4.79 Å². The number of hydrogen-bond acceptors (Lipinski definition) is 7. The smallest absolute Gasteiger partial charge is 0.410 e. The van der Waals surface area contributed by atoms with Crippen LogP contribution in [-0.4, -0.2) is 90.5 Å². The highest BCUT2D eigenvalue weighted by Gasteiger charge is 2.32. The zero-order valence-electron chi connectivity index (χ0n) is 17.3. The molecule has 4 rings (SSSR count). The zero-order chi connectivity index (χ0) is 20.9. The van der Waals surface area contributed by atoms with Crippen LogP contribution in [0.5, 0.6) is 5.75 Å². The highest BCUT2D eigenvalue weighted by atomic mass is 16.6. The lowest BCUT2D eigenvalue weighted by Gasteiger charge is -2.36. The van der Waals surface area contributed by atoms with E-state index in [-0.39, 0.29) is 24.7 Å². The van der Waals surface area contributed by atoms with E-state index in [1.807, 2.05) is 29.2 Å². The van der Waals surface area contributed by atoms with Crippen LogP contribution >= 0.6 is 0 Å². The van der Waals surface area contributed by atoms with Crippen molar-refractivity contribution in [2.75, 3.05) is 52.5 Å². The van der Waals surface area contributed by atoms with Crippen LogP contribution < -0.4 is 4.74 Å². The molecule has 0 bridgehead atoms. The van der Waals surface area contributed by atoms with Crippen LogP contribution in [0.15, 0.2) is 24.3 Å². The Hall–Kier alpha value is -2.34. The minimum absolute atomic E-state index is 0.177. The van der Waals surface area contributed by atoms with Crippen LogP contribution in [0.1, 0.15) is 18.4 Å². The van der Waals surface area contributed by atoms with Gasteiger partial charge in [-0.25, -0.2) is 4.79 Å². The number of carbonyl (C=O) groups is 1. The van der Waals surface area contributed by atoms with Crippen molar-refractivity contribution in [2.24, 2.45) is 5.92 Å². The van der Waals surface area contributed by atoms with Crippen molar-refractivity contribution in [2.45, 2.75) is 31.5 Å². The second kappa shape index (κ2) is 9.65. The van der Waals surface area contributed by atoms with Gasteiger partial charge in [0.25, 0.3) is 0 Å². The van der Waals surface area contributed by atoms with Crippen molar-refractivity contribution in [3.63, 3.8) is 0 Å². The molecule has 0 radical (unpaired) electrons. The van der Waals surface area contributed by atoms with Crippen LogP contribution in [0.3, 0.4) is 0 Å². The molecule has 1 N–H and O–H groups in total. The summed E-state index contributed by atoms with van der Waals surface area (Å²) in [6.07, 6.45) is 1.08. The lowest BCUT2D eigenvalue weighted by molar-refractivity contribution is 0.0497. The summed E-state index contributed by atoms with van der Waals surface area (Å²) in [4.78, 5) is 18.0. The third-order valence-electron chi connectivity index (χ3n) is 6.17. The summed E-state index contributed by atoms with van der Waals surface area (Å²) in [7, 11) is 0. The van der Waals surface area contributed by atoms with Crippen molar-refractivity contribution in [3.8, 4) is 11.8 Å². The molecule has 1 aromatic carbocycles. The second-order valence-corrected chi connectivity index (χ2v) is 8.47. The van der Waals surface area contributed by atoms with Gasteiger partial charge in [-0.2, -0.15) is 5.26 Å². The molecule has 3 saturated heterocycles. The van der Waals surface area contributed by atoms with Crippen LogP contribution in [0.2, 0.25) is 0 Å². The average molecular weight is 415 g/mol. The van der Waals surface area contributed by atoms with Gasteiger partial charge in [0, 0.05) is 45.3 Å². The van der Waals surface area contributed by atoms with Crippen LogP contribution in [0.25, 0.3) is 0 Å². The second-order valence-electron chi connectivity index (χ2n) is 8.47. The number of benzene rings is 1. The number of piperidine rings is 1. The molecule has 0 aromatic heterocycles. The van der Waals surface area contributed by atoms with Gasteiger partial charge in [-0.1, -0.05) is 12.1 Å². The normalized spacial score (nSPS) is 22.4. The fourth-order valence-electron chi connectivity index (χ4n) is 4.42. The number of aliphatic hydroxyl groups is 1. The van der Waals surface area contributed by atoms with E-state index in [0.29, 0.717) is 19.7 Å². The monoisotopic (exact) mass is 414 g/mol. The van der Waals surface area contributed by atoms with E-state index < -0.39 is 6.10 Å². The van der Waals surface area contributed by atoms with E-state index in [0.717, 1.165) is 51.3 Å². The molecule has 3 aliphatic heterocycles. The van der Waals surface area contributed by atoms with Gasteiger partial charge in [0.05, 0.1) is 18.5 Å². The fourth-order valence-corrected chi connectivity index (χ4v) is 4.42. The number of aliphatic hydroxyl groups excluding tert-OH is 1. The first kappa shape index (κ1) is 20.9. The molecule has 30 heavy (non-hydrogen) atoms. The minimum Gasteiger partial charge on any atom is -0.491 e. The first-order valence-corrected chi connectivity index (χ1v) is 10.8. The molecular weight excluding hydrogens is 384 g/mol. The highest BCUT2D eigenvalue weighted by Crippen LogP contribution is 2.21. The summed E-state index contributed by atoms with van der Waals surface area (Å²) in [6, 6.07) is 10.5. The van der Waals surface area contributed by atoms with Crippen molar-refractivity contribution in [1.29, 1.82) is 5.26 Å². The number of rotatable bonds is 8. The van der Waals surface area contributed by atoms with Crippen molar-refractivity contribution < 1.29 is 19.4 Å². The molecule has 8 nitrogen and oxygen atoms in total. The number of nitrogens with zero attached hydrogens (tertiary/aromatic N) is 4. The third kappa shape index (κ3) is 5.22. The average Bonchev–Trinajstić information content (AvgIpc) is 3.16. The van der Waals surface area contributed by atoms with Crippen molar-refractivity contribution in [1.82, 2.24) is 14.7 Å². The number of cyclic esters (lactones) is 1. The Kier molecular flexibility index (Phi) is 6.72. The first-order chi connectivity index (χ1) is 14.6. The summed E-state index contributed by atoms with van der Waals surface area (Å²) in [5.74, 6) is 0.930. The lowest BCUT2D eigenvalue weighted by Crippen LogP contribution is -2.47. The van der Waals surface area contributed by atoms with Gasteiger partial charge in [0.15, 0.2) is 0 Å². The summed E-state index contributed by atoms with van der Waals surface area (Å²) in [6.45, 7) is 6.30. The zero-order valence-corrected chi connectivity index (χ0v) is 17.3. The number of amides is 1. The quantitative estimate of drug-likeness (QED) is 0.686. The fraction of sp³-hybridized carbons (Fsp3) is 0.636. The Balaban J connectivity index is 1.13. The molecule has 0 aliphatic carbocycles. The number of ether oxygens (including phenoxy) is 2. The number of hydrogen-bond donors (Lipinski definition) is 1. The third-order valence-corrected chi connectivity index (χ3v) is 6.17. The lowest BCUT2D eigenvalue weighted by atomic mass is 10.0. The van der Waals surface area contributed by atoms with Crippen molar-refractivity contribution in [3.05, 3.63) is 29.8 Å². The van der Waals surface area contributed by atoms with E-state index in [1.165, 1.54) is 5.56 Å². The molecule has 3 heterocycles. The van der Waals surface area contributed by atoms with Gasteiger partial charge in [-0.05, 0) is 30.5 Å². The van der Waals surface area contributed by atoms with E-state index >= 15 is 0 Å². The maximum absolute atomic E-state index is 11.7. The summed E-state index contributed by atoms with van der Waals surface area (Å²) in [5.41, 5.74) is 1.20. The Morgan fingerprint density at radius 2 is 1.90 bits per heavy atom. The van der Waals surface area contributed by atoms with Gasteiger partial charge >= 0.3 is 6.09 Å². The van der Waals surface area contributed by atoms with Gasteiger partial charge in [-0.15, -0.1) is 0 Å². The first-order valence-electron chi connectivity index (χ1n) is 10.8. The molecule has 3 fully saturated rings. The molecule has 0 spiro atoms. The van der Waals surface area contributed by atoms with Gasteiger partial charge in [-0.3, -0.25) is 4.90 Å². The molecule has 8 heteroatoms. The van der Waals surface area contributed by atoms with E-state index in [1.54, 1.807) is 0 Å². The molecule has 1 atom stereocenters. The Morgan fingerprint density at radius 1 is 1.17 bits per heavy atom. The van der Waals surface area contributed by atoms with E-state index in [9.17, 15) is 9.90 Å². The molecule has 0 saturated carbocycles. The Labute approximate surface area is 177 Å². The number of nitriles is 1. The van der Waals surface area contributed by atoms with Gasteiger partial charge in [0.2, 0.25) is 0 Å². The van der Waals surface area contributed by atoms with Crippen molar-refractivity contribution >= 4 is 6.09 Å². The summed E-state index contributed by atoms with van der Waals surface area (Å²) in [5, 5.41) is 19.2. The maximum atomic E-state index is 11.7. The SMILES string of the molecule is N#CC1CN(Cc2ccc(OCC(O)CN3CCC(N4CCOC4=O)CC3)cc2)C1. The molecule has 3 aliphatic rings. The highest BCUT2D eigenvalue weighted by molar-refractivity contribution is 5.69. The number of likely N-dealkylation sites (tertiary alicyclic amines) is 2. The predicted molar refractivity (Wildman–Crippen MR) is 110 cm³/mol. The largest absolute Gasteiger partial charge is 0.491 e. The molecule has 162 valence electrons. The van der Waals surface area contributed by atoms with Crippen LogP contribution in [-0.2, 0) is 11.3 Å². The number of carbonyl (C=O) groups excluding carboxylic acids is 1. The predicted octanol–water partition coefficient (Wildman–Crippen LogP) is 1.30. The molecule has 1 amide bonds. The Bertz CT molecular complexity index is 751. The number of β-amino-alcohol motifs (C(OH)–C–C–N with tert-alkyl or cyclic N) is 1. The Morgan fingerprint density at radius 3 is 2.53 bits per heavy atom. The minimum atomic E-state index is -0.554. The molecular formula is C22H30N4O4. The van der Waals surface area contributed by atoms with Crippen LogP contribution in [0, 0.1) is 17.2 Å². The topological polar surface area (TPSA) is 89.3 Å². The molecule has 1 unspecified atom stereocenters. The summed E-state index contributed by atoms with van der Waals surface area (Å²) >= 11 is 0. The van der Waals surface area contributed by atoms with Gasteiger partial charge < -0.3 is 24.4 Å².